The third-order valence-electron chi connectivity index (χ3n) is 3.26. The van der Waals surface area contributed by atoms with Crippen molar-refractivity contribution in [3.05, 3.63) is 59.1 Å². The van der Waals surface area contributed by atoms with Crippen molar-refractivity contribution < 1.29 is 4.74 Å². The van der Waals surface area contributed by atoms with Gasteiger partial charge in [0.1, 0.15) is 5.75 Å². The Hall–Kier alpha value is -1.67. The summed E-state index contributed by atoms with van der Waals surface area (Å²) in [6.07, 6.45) is 1.08. The van der Waals surface area contributed by atoms with Crippen LogP contribution < -0.4 is 10.1 Å². The molecule has 2 rings (SSSR count). The molecule has 0 aliphatic carbocycles. The van der Waals surface area contributed by atoms with Gasteiger partial charge in [0.05, 0.1) is 6.61 Å². The Morgan fingerprint density at radius 3 is 2.43 bits per heavy atom. The van der Waals surface area contributed by atoms with Gasteiger partial charge >= 0.3 is 0 Å². The van der Waals surface area contributed by atoms with Crippen molar-refractivity contribution in [2.75, 3.05) is 11.9 Å². The lowest BCUT2D eigenvalue weighted by Crippen LogP contribution is -2.02. The summed E-state index contributed by atoms with van der Waals surface area (Å²) in [5.41, 5.74) is 2.16. The minimum Gasteiger partial charge on any atom is -0.494 e. The van der Waals surface area contributed by atoms with E-state index < -0.39 is 0 Å². The van der Waals surface area contributed by atoms with E-state index in [-0.39, 0.29) is 0 Å². The summed E-state index contributed by atoms with van der Waals surface area (Å²) in [5, 5.41) is 4.15. The van der Waals surface area contributed by atoms with Gasteiger partial charge in [-0.3, -0.25) is 0 Å². The zero-order valence-corrected chi connectivity index (χ0v) is 13.4. The molecular weight excluding hydrogens is 282 g/mol. The molecule has 2 nitrogen and oxygen atoms in total. The molecule has 2 aromatic rings. The van der Waals surface area contributed by atoms with Crippen molar-refractivity contribution in [1.82, 2.24) is 0 Å². The van der Waals surface area contributed by atoms with E-state index in [1.165, 1.54) is 0 Å². The van der Waals surface area contributed by atoms with Crippen LogP contribution in [-0.4, -0.2) is 6.61 Å². The first-order valence-electron chi connectivity index (χ1n) is 7.35. The molecule has 0 fully saturated rings. The number of rotatable bonds is 7. The maximum atomic E-state index is 6.14. The monoisotopic (exact) mass is 303 g/mol. The summed E-state index contributed by atoms with van der Waals surface area (Å²) in [6, 6.07) is 15.9. The Labute approximate surface area is 132 Å². The fourth-order valence-electron chi connectivity index (χ4n) is 1.92. The number of ether oxygens (including phenoxy) is 1. The highest BCUT2D eigenvalue weighted by Crippen LogP contribution is 2.19. The van der Waals surface area contributed by atoms with Crippen molar-refractivity contribution in [2.45, 2.75) is 26.8 Å². The highest BCUT2D eigenvalue weighted by Gasteiger charge is 2.00. The molecule has 0 atom stereocenters. The Kier molecular flexibility index (Phi) is 5.94. The molecule has 0 aliphatic heterocycles. The van der Waals surface area contributed by atoms with Crippen LogP contribution in [0, 0.1) is 5.92 Å². The first-order valence-corrected chi connectivity index (χ1v) is 7.73. The van der Waals surface area contributed by atoms with Gasteiger partial charge in [0.25, 0.3) is 0 Å². The van der Waals surface area contributed by atoms with Crippen LogP contribution in [0.3, 0.4) is 0 Å². The first-order chi connectivity index (χ1) is 10.1. The van der Waals surface area contributed by atoms with Crippen molar-refractivity contribution >= 4 is 17.3 Å². The third kappa shape index (κ3) is 5.31. The van der Waals surface area contributed by atoms with E-state index in [2.05, 4.69) is 19.2 Å². The van der Waals surface area contributed by atoms with Crippen LogP contribution in [-0.2, 0) is 6.54 Å². The second-order valence-electron chi connectivity index (χ2n) is 5.50. The van der Waals surface area contributed by atoms with Crippen molar-refractivity contribution in [1.29, 1.82) is 0 Å². The number of benzene rings is 2. The standard InChI is InChI=1S/C18H22ClNO/c1-14(2)11-12-21-17-9-7-16(8-10-17)20-13-15-5-3-4-6-18(15)19/h3-10,14,20H,11-13H2,1-2H3. The maximum Gasteiger partial charge on any atom is 0.119 e. The Balaban J connectivity index is 1.84. The number of hydrogen-bond donors (Lipinski definition) is 1. The van der Waals surface area contributed by atoms with Crippen LogP contribution in [0.25, 0.3) is 0 Å². The van der Waals surface area contributed by atoms with Crippen molar-refractivity contribution in [3.8, 4) is 5.75 Å². The SMILES string of the molecule is CC(C)CCOc1ccc(NCc2ccccc2Cl)cc1. The van der Waals surface area contributed by atoms with Gasteiger partial charge in [-0.15, -0.1) is 0 Å². The average molecular weight is 304 g/mol. The Morgan fingerprint density at radius 1 is 1.05 bits per heavy atom. The molecule has 0 amide bonds. The Morgan fingerprint density at radius 2 is 1.76 bits per heavy atom. The van der Waals surface area contributed by atoms with Crippen LogP contribution >= 0.6 is 11.6 Å². The summed E-state index contributed by atoms with van der Waals surface area (Å²) in [6.45, 7) is 5.88. The minimum atomic E-state index is 0.668. The normalized spacial score (nSPS) is 10.7. The summed E-state index contributed by atoms with van der Waals surface area (Å²) in [4.78, 5) is 0. The third-order valence-corrected chi connectivity index (χ3v) is 3.63. The van der Waals surface area contributed by atoms with Crippen LogP contribution in [0.5, 0.6) is 5.75 Å². The lowest BCUT2D eigenvalue weighted by atomic mass is 10.1. The fraction of sp³-hybridized carbons (Fsp3) is 0.333. The van der Waals surface area contributed by atoms with E-state index in [9.17, 15) is 0 Å². The van der Waals surface area contributed by atoms with Crippen LogP contribution in [0.2, 0.25) is 5.02 Å². The second-order valence-corrected chi connectivity index (χ2v) is 5.91. The zero-order chi connectivity index (χ0) is 15.1. The fourth-order valence-corrected chi connectivity index (χ4v) is 2.12. The molecule has 2 aromatic carbocycles. The highest BCUT2D eigenvalue weighted by molar-refractivity contribution is 6.31. The summed E-state index contributed by atoms with van der Waals surface area (Å²) >= 11 is 6.14. The molecule has 0 spiro atoms. The summed E-state index contributed by atoms with van der Waals surface area (Å²) < 4.78 is 5.70. The van der Waals surface area contributed by atoms with Crippen molar-refractivity contribution in [2.24, 2.45) is 5.92 Å². The highest BCUT2D eigenvalue weighted by atomic mass is 35.5. The van der Waals surface area contributed by atoms with E-state index >= 15 is 0 Å². The second kappa shape index (κ2) is 7.94. The van der Waals surface area contributed by atoms with Crippen molar-refractivity contribution in [3.63, 3.8) is 0 Å². The molecule has 112 valence electrons. The van der Waals surface area contributed by atoms with Crippen LogP contribution in [0.1, 0.15) is 25.8 Å². The average Bonchev–Trinajstić information content (AvgIpc) is 2.47. The van der Waals surface area contributed by atoms with Gasteiger partial charge in [-0.25, -0.2) is 0 Å². The van der Waals surface area contributed by atoms with Gasteiger partial charge in [0.15, 0.2) is 0 Å². The molecular formula is C18H22ClNO. The maximum absolute atomic E-state index is 6.14. The van der Waals surface area contributed by atoms with E-state index in [1.54, 1.807) is 0 Å². The largest absolute Gasteiger partial charge is 0.494 e. The van der Waals surface area contributed by atoms with Gasteiger partial charge in [-0.1, -0.05) is 43.6 Å². The van der Waals surface area contributed by atoms with Gasteiger partial charge in [-0.05, 0) is 48.2 Å². The number of nitrogens with one attached hydrogen (secondary N) is 1. The summed E-state index contributed by atoms with van der Waals surface area (Å²) in [5.74, 6) is 1.58. The topological polar surface area (TPSA) is 21.3 Å². The minimum absolute atomic E-state index is 0.668. The van der Waals surface area contributed by atoms with E-state index in [0.717, 1.165) is 35.1 Å². The molecule has 0 bridgehead atoms. The van der Waals surface area contributed by atoms with E-state index in [4.69, 9.17) is 16.3 Å². The molecule has 0 unspecified atom stereocenters. The number of anilines is 1. The number of hydrogen-bond acceptors (Lipinski definition) is 2. The summed E-state index contributed by atoms with van der Waals surface area (Å²) in [7, 11) is 0. The first kappa shape index (κ1) is 15.7. The van der Waals surface area contributed by atoms with Crippen LogP contribution in [0.15, 0.2) is 48.5 Å². The predicted molar refractivity (Wildman–Crippen MR) is 90.2 cm³/mol. The lowest BCUT2D eigenvalue weighted by Gasteiger charge is -2.10. The predicted octanol–water partition coefficient (Wildman–Crippen LogP) is 5.38. The van der Waals surface area contributed by atoms with E-state index in [1.807, 2.05) is 48.5 Å². The van der Waals surface area contributed by atoms with Crippen LogP contribution in [0.4, 0.5) is 5.69 Å². The molecule has 0 saturated heterocycles. The Bertz CT molecular complexity index is 551. The van der Waals surface area contributed by atoms with Gasteiger partial charge < -0.3 is 10.1 Å². The molecule has 0 radical (unpaired) electrons. The van der Waals surface area contributed by atoms with Gasteiger partial charge in [0, 0.05) is 17.3 Å². The lowest BCUT2D eigenvalue weighted by molar-refractivity contribution is 0.289. The van der Waals surface area contributed by atoms with E-state index in [0.29, 0.717) is 12.5 Å². The molecule has 21 heavy (non-hydrogen) atoms. The molecule has 0 aromatic heterocycles. The molecule has 0 aliphatic rings. The quantitative estimate of drug-likeness (QED) is 0.741. The van der Waals surface area contributed by atoms with Gasteiger partial charge in [-0.2, -0.15) is 0 Å². The molecule has 0 heterocycles. The zero-order valence-electron chi connectivity index (χ0n) is 12.6. The molecule has 3 heteroatoms. The molecule has 0 saturated carbocycles. The smallest absolute Gasteiger partial charge is 0.119 e. The molecule has 1 N–H and O–H groups in total. The van der Waals surface area contributed by atoms with Gasteiger partial charge in [0.2, 0.25) is 0 Å². The number of halogens is 1.